The predicted molar refractivity (Wildman–Crippen MR) is 227 cm³/mol. The third kappa shape index (κ3) is 9.55. The molecule has 0 amide bonds. The molecule has 4 atom stereocenters. The Labute approximate surface area is 343 Å². The molecular weight excluding hydrogens is 755 g/mol. The van der Waals surface area contributed by atoms with Gasteiger partial charge in [0.25, 0.3) is 0 Å². The lowest BCUT2D eigenvalue weighted by Gasteiger charge is -2.37. The van der Waals surface area contributed by atoms with Crippen molar-refractivity contribution < 1.29 is 23.0 Å². The summed E-state index contributed by atoms with van der Waals surface area (Å²) in [5, 5.41) is 9.97. The van der Waals surface area contributed by atoms with E-state index in [4.69, 9.17) is 14.2 Å². The topological polar surface area (TPSA) is 102 Å². The first-order valence-electron chi connectivity index (χ1n) is 20.1. The van der Waals surface area contributed by atoms with Gasteiger partial charge in [-0.25, -0.2) is 22.8 Å². The van der Waals surface area contributed by atoms with Gasteiger partial charge in [-0.1, -0.05) is 43.3 Å². The van der Waals surface area contributed by atoms with Gasteiger partial charge in [0.15, 0.2) is 0 Å². The van der Waals surface area contributed by atoms with Gasteiger partial charge in [-0.05, 0) is 79.9 Å². The molecule has 2 saturated heterocycles. The second-order valence-corrected chi connectivity index (χ2v) is 15.1. The molecule has 0 radical (unpaired) electrons. The van der Waals surface area contributed by atoms with E-state index in [1.165, 1.54) is 28.2 Å². The van der Waals surface area contributed by atoms with Crippen molar-refractivity contribution in [1.82, 2.24) is 19.4 Å². The molecule has 12 nitrogen and oxygen atoms in total. The number of halogens is 2. The van der Waals surface area contributed by atoms with Crippen molar-refractivity contribution in [1.29, 1.82) is 0 Å². The molecule has 1 aromatic heterocycles. The molecule has 0 saturated carbocycles. The number of nitrogens with zero attached hydrogens (tertiary/aromatic N) is 8. The van der Waals surface area contributed by atoms with E-state index in [-0.39, 0.29) is 35.9 Å². The summed E-state index contributed by atoms with van der Waals surface area (Å²) in [6.07, 6.45) is 4.04. The average Bonchev–Trinajstić information content (AvgIpc) is 3.86. The van der Waals surface area contributed by atoms with Crippen LogP contribution in [0.2, 0.25) is 0 Å². The molecule has 5 aromatic rings. The second-order valence-electron chi connectivity index (χ2n) is 15.1. The highest BCUT2D eigenvalue weighted by molar-refractivity contribution is 5.56. The van der Waals surface area contributed by atoms with Gasteiger partial charge >= 0.3 is 5.69 Å². The molecule has 3 heterocycles. The number of aromatic nitrogens is 3. The predicted octanol–water partition coefficient (Wildman–Crippen LogP) is 7.08. The summed E-state index contributed by atoms with van der Waals surface area (Å²) in [5.41, 5.74) is 3.05. The van der Waals surface area contributed by atoms with Gasteiger partial charge in [0.2, 0.25) is 0 Å². The van der Waals surface area contributed by atoms with Crippen LogP contribution in [0.3, 0.4) is 0 Å². The Morgan fingerprint density at radius 1 is 0.966 bits per heavy atom. The highest BCUT2D eigenvalue weighted by Crippen LogP contribution is 2.41. The number of hydrogen-bond acceptors (Lipinski definition) is 9. The van der Waals surface area contributed by atoms with E-state index in [1.54, 1.807) is 17.9 Å². The summed E-state index contributed by atoms with van der Waals surface area (Å²) in [6, 6.07) is 29.5. The largest absolute Gasteiger partial charge is 0.493 e. The zero-order chi connectivity index (χ0) is 41.4. The number of aliphatic imine (C=N–C) groups is 1. The van der Waals surface area contributed by atoms with Crippen molar-refractivity contribution in [3.8, 4) is 11.4 Å². The molecule has 2 aliphatic heterocycles. The Hall–Kier alpha value is -5.86. The van der Waals surface area contributed by atoms with Crippen LogP contribution >= 0.6 is 0 Å². The highest BCUT2D eigenvalue weighted by Gasteiger charge is 2.45. The van der Waals surface area contributed by atoms with E-state index < -0.39 is 17.2 Å². The quantitative estimate of drug-likeness (QED) is 0.0559. The Morgan fingerprint density at radius 3 is 2.25 bits per heavy atom. The molecular formula is C45H52F2N8O4. The van der Waals surface area contributed by atoms with Gasteiger partial charge in [-0.15, -0.1) is 0 Å². The third-order valence-electron chi connectivity index (χ3n) is 11.3. The zero-order valence-electron chi connectivity index (χ0n) is 33.9. The van der Waals surface area contributed by atoms with E-state index in [0.717, 1.165) is 60.6 Å². The molecule has 2 aliphatic rings. The Balaban J connectivity index is 0.907. The minimum atomic E-state index is -1.08. The smallest absolute Gasteiger partial charge is 0.350 e. The van der Waals surface area contributed by atoms with E-state index in [1.807, 2.05) is 68.4 Å². The van der Waals surface area contributed by atoms with Gasteiger partial charge in [-0.2, -0.15) is 10.2 Å². The first kappa shape index (κ1) is 41.3. The van der Waals surface area contributed by atoms with Crippen molar-refractivity contribution >= 4 is 24.4 Å². The number of anilines is 2. The summed E-state index contributed by atoms with van der Waals surface area (Å²) in [6.45, 7) is 12.4. The first-order chi connectivity index (χ1) is 28.7. The number of rotatable bonds is 17. The normalized spacial score (nSPS) is 19.2. The summed E-state index contributed by atoms with van der Waals surface area (Å²) in [4.78, 5) is 22.2. The maximum absolute atomic E-state index is 15.1. The second kappa shape index (κ2) is 18.8. The van der Waals surface area contributed by atoms with Gasteiger partial charge in [0, 0.05) is 68.9 Å². The van der Waals surface area contributed by atoms with Crippen LogP contribution in [-0.2, 0) is 21.7 Å². The molecule has 310 valence electrons. The van der Waals surface area contributed by atoms with Crippen LogP contribution < -0.4 is 20.2 Å². The molecule has 7 rings (SSSR count). The average molecular weight is 807 g/mol. The molecule has 0 spiro atoms. The summed E-state index contributed by atoms with van der Waals surface area (Å²) < 4.78 is 50.6. The first-order valence-corrected chi connectivity index (χ1v) is 20.1. The minimum absolute atomic E-state index is 0.0436. The fraction of sp³-hybridized carbons (Fsp3) is 0.378. The van der Waals surface area contributed by atoms with Crippen molar-refractivity contribution in [2.75, 3.05) is 62.8 Å². The van der Waals surface area contributed by atoms with Gasteiger partial charge < -0.3 is 24.0 Å². The van der Waals surface area contributed by atoms with Crippen LogP contribution in [0.4, 0.5) is 20.2 Å². The monoisotopic (exact) mass is 806 g/mol. The number of piperazine rings is 1. The lowest BCUT2D eigenvalue weighted by atomic mass is 9.86. The number of hydrogen-bond donors (Lipinski definition) is 0. The Kier molecular flexibility index (Phi) is 13.2. The van der Waals surface area contributed by atoms with Gasteiger partial charge in [0.05, 0.1) is 44.2 Å². The van der Waals surface area contributed by atoms with Crippen molar-refractivity contribution in [2.24, 2.45) is 16.0 Å². The van der Waals surface area contributed by atoms with E-state index in [9.17, 15) is 9.18 Å². The number of hydrazone groups is 1. The molecule has 0 bridgehead atoms. The zero-order valence-corrected chi connectivity index (χ0v) is 33.9. The van der Waals surface area contributed by atoms with Crippen molar-refractivity contribution in [3.63, 3.8) is 0 Å². The fourth-order valence-corrected chi connectivity index (χ4v) is 8.08. The van der Waals surface area contributed by atoms with Gasteiger partial charge in [-0.3, -0.25) is 10.0 Å². The van der Waals surface area contributed by atoms with Gasteiger partial charge in [0.1, 0.15) is 35.7 Å². The van der Waals surface area contributed by atoms with Crippen LogP contribution in [0.1, 0.15) is 43.9 Å². The molecule has 4 aromatic carbocycles. The SMILES string of the molecule is C=NN(C=NC)CC1(c2ccc(F)cc2F)CC(COc2ccc(N3CCN(c4ccc(-n5cnn(C(CC)C(C)OCc6ccccc6)c5=O)cc4)CC3)cc2)CO1. The molecule has 0 N–H and O–H groups in total. The maximum atomic E-state index is 15.1. The minimum Gasteiger partial charge on any atom is -0.493 e. The van der Waals surface area contributed by atoms with Crippen molar-refractivity contribution in [3.05, 3.63) is 137 Å². The molecule has 14 heteroatoms. The molecule has 59 heavy (non-hydrogen) atoms. The van der Waals surface area contributed by atoms with Crippen molar-refractivity contribution in [2.45, 2.75) is 51.0 Å². The Morgan fingerprint density at radius 2 is 1.63 bits per heavy atom. The lowest BCUT2D eigenvalue weighted by molar-refractivity contribution is -0.0179. The van der Waals surface area contributed by atoms with Crippen LogP contribution in [0, 0.1) is 17.6 Å². The fourth-order valence-electron chi connectivity index (χ4n) is 8.08. The summed E-state index contributed by atoms with van der Waals surface area (Å²) >= 11 is 0. The number of ether oxygens (including phenoxy) is 3. The van der Waals surface area contributed by atoms with E-state index in [0.29, 0.717) is 32.7 Å². The van der Waals surface area contributed by atoms with E-state index >= 15 is 4.39 Å². The molecule has 2 fully saturated rings. The van der Waals surface area contributed by atoms with Crippen LogP contribution in [0.25, 0.3) is 5.69 Å². The van der Waals surface area contributed by atoms with Crippen LogP contribution in [0.5, 0.6) is 5.75 Å². The summed E-state index contributed by atoms with van der Waals surface area (Å²) in [7, 11) is 1.61. The molecule has 4 unspecified atom stereocenters. The highest BCUT2D eigenvalue weighted by atomic mass is 19.1. The summed E-state index contributed by atoms with van der Waals surface area (Å²) in [5.74, 6) is -0.640. The Bertz CT molecular complexity index is 2230. The number of benzene rings is 4. The standard InChI is InChI=1S/C45H52F2N8O4/c1-5-43(33(2)57-27-34-9-7-6-8-10-34)55-44(56)54(32-50-55)39-14-12-37(13-15-39)51-21-23-52(24-22-51)38-16-18-40(19-17-38)58-28-35-26-45(59-29-35,30-53(49-4)31-48-3)41-20-11-36(46)25-42(41)47/h6-20,25,31-33,35,43H,4-5,21-24,26-30H2,1-3H3. The van der Waals surface area contributed by atoms with E-state index in [2.05, 4.69) is 56.0 Å². The lowest BCUT2D eigenvalue weighted by Crippen LogP contribution is -2.46. The molecule has 0 aliphatic carbocycles. The van der Waals surface area contributed by atoms with Crippen LogP contribution in [-0.4, -0.2) is 91.5 Å². The van der Waals surface area contributed by atoms with Crippen LogP contribution in [0.15, 0.2) is 118 Å². The maximum Gasteiger partial charge on any atom is 0.350 e. The third-order valence-corrected chi connectivity index (χ3v) is 11.3.